The minimum absolute atomic E-state index is 0.0236. The first-order valence-electron chi connectivity index (χ1n) is 9.25. The lowest BCUT2D eigenvalue weighted by atomic mass is 10.0. The normalized spacial score (nSPS) is 11.8. The molecule has 0 fully saturated rings. The number of nitrogens with one attached hydrogen (secondary N) is 1. The van der Waals surface area contributed by atoms with E-state index in [1.54, 1.807) is 19.1 Å². The van der Waals surface area contributed by atoms with Crippen LogP contribution in [0.15, 0.2) is 41.8 Å². The summed E-state index contributed by atoms with van der Waals surface area (Å²) in [6, 6.07) is 8.55. The smallest absolute Gasteiger partial charge is 0.339 e. The van der Waals surface area contributed by atoms with Gasteiger partial charge in [-0.1, -0.05) is 25.1 Å². The van der Waals surface area contributed by atoms with Gasteiger partial charge in [-0.2, -0.15) is 0 Å². The number of carboxylic acid groups (broad SMARTS) is 1. The number of carboxylic acids is 1. The standard InChI is InChI=1S/C22H18F3NO4S/c1-3-16(30-17-7-5-4-6-11(17)2)20(27)26-21-18(22(28)29)13(10-31-21)12-8-14(23)19(25)15(24)9-12/h4-10,16H,3H2,1-2H3,(H,26,27)(H,28,29). The molecule has 3 aromatic rings. The first kappa shape index (κ1) is 22.4. The van der Waals surface area contributed by atoms with E-state index >= 15 is 0 Å². The van der Waals surface area contributed by atoms with Crippen LogP contribution in [-0.2, 0) is 4.79 Å². The molecule has 31 heavy (non-hydrogen) atoms. The fraction of sp³-hybridized carbons (Fsp3) is 0.182. The summed E-state index contributed by atoms with van der Waals surface area (Å²) in [7, 11) is 0. The van der Waals surface area contributed by atoms with Crippen LogP contribution < -0.4 is 10.1 Å². The molecular formula is C22H18F3NO4S. The van der Waals surface area contributed by atoms with Crippen molar-refractivity contribution in [1.82, 2.24) is 0 Å². The molecule has 0 radical (unpaired) electrons. The average Bonchev–Trinajstić information content (AvgIpc) is 3.14. The molecule has 5 nitrogen and oxygen atoms in total. The van der Waals surface area contributed by atoms with Gasteiger partial charge < -0.3 is 15.2 Å². The van der Waals surface area contributed by atoms with Crippen molar-refractivity contribution in [3.63, 3.8) is 0 Å². The first-order chi connectivity index (χ1) is 14.7. The van der Waals surface area contributed by atoms with E-state index in [0.29, 0.717) is 24.3 Å². The number of carbonyl (C=O) groups excluding carboxylic acids is 1. The monoisotopic (exact) mass is 449 g/mol. The molecule has 0 aliphatic rings. The summed E-state index contributed by atoms with van der Waals surface area (Å²) in [5.74, 6) is -6.00. The van der Waals surface area contributed by atoms with Crippen LogP contribution in [0.2, 0.25) is 0 Å². The van der Waals surface area contributed by atoms with Gasteiger partial charge in [-0.05, 0) is 42.7 Å². The zero-order chi connectivity index (χ0) is 22.7. The lowest BCUT2D eigenvalue weighted by molar-refractivity contribution is -0.122. The van der Waals surface area contributed by atoms with Gasteiger partial charge in [0.25, 0.3) is 5.91 Å². The molecule has 1 atom stereocenters. The number of rotatable bonds is 7. The Labute approximate surface area is 180 Å². The summed E-state index contributed by atoms with van der Waals surface area (Å²) in [4.78, 5) is 24.6. The molecule has 0 saturated carbocycles. The molecule has 1 amide bonds. The van der Waals surface area contributed by atoms with Gasteiger partial charge >= 0.3 is 5.97 Å². The van der Waals surface area contributed by atoms with Crippen molar-refractivity contribution in [3.8, 4) is 16.9 Å². The number of benzene rings is 2. The van der Waals surface area contributed by atoms with Crippen molar-refractivity contribution < 1.29 is 32.6 Å². The van der Waals surface area contributed by atoms with E-state index < -0.39 is 35.4 Å². The quantitative estimate of drug-likeness (QED) is 0.458. The Bertz CT molecular complexity index is 1120. The lowest BCUT2D eigenvalue weighted by Crippen LogP contribution is -2.32. The highest BCUT2D eigenvalue weighted by Gasteiger charge is 2.26. The molecule has 0 aliphatic carbocycles. The van der Waals surface area contributed by atoms with Crippen molar-refractivity contribution >= 4 is 28.2 Å². The molecule has 0 aliphatic heterocycles. The molecule has 9 heteroatoms. The number of carbonyl (C=O) groups is 2. The van der Waals surface area contributed by atoms with Crippen molar-refractivity contribution in [1.29, 1.82) is 0 Å². The predicted molar refractivity (Wildman–Crippen MR) is 111 cm³/mol. The van der Waals surface area contributed by atoms with E-state index in [-0.39, 0.29) is 21.7 Å². The van der Waals surface area contributed by atoms with Crippen molar-refractivity contribution in [3.05, 3.63) is 70.4 Å². The molecule has 1 heterocycles. The highest BCUT2D eigenvalue weighted by atomic mass is 32.1. The molecule has 0 spiro atoms. The van der Waals surface area contributed by atoms with Crippen LogP contribution in [-0.4, -0.2) is 23.1 Å². The number of aromatic carboxylic acids is 1. The van der Waals surface area contributed by atoms with E-state index in [2.05, 4.69) is 5.32 Å². The van der Waals surface area contributed by atoms with Crippen LogP contribution in [0.3, 0.4) is 0 Å². The second kappa shape index (κ2) is 9.22. The Kier molecular flexibility index (Phi) is 6.65. The van der Waals surface area contributed by atoms with E-state index in [1.807, 2.05) is 19.1 Å². The van der Waals surface area contributed by atoms with Gasteiger partial charge in [0.1, 0.15) is 16.3 Å². The van der Waals surface area contributed by atoms with Crippen LogP contribution in [0.25, 0.3) is 11.1 Å². The number of para-hydroxylation sites is 1. The largest absolute Gasteiger partial charge is 0.480 e. The summed E-state index contributed by atoms with van der Waals surface area (Å²) in [5.41, 5.74) is 0.278. The predicted octanol–water partition coefficient (Wildman–Crippen LogP) is 5.64. The Morgan fingerprint density at radius 1 is 1.16 bits per heavy atom. The van der Waals surface area contributed by atoms with Crippen LogP contribution in [0.5, 0.6) is 5.75 Å². The highest BCUT2D eigenvalue weighted by Crippen LogP contribution is 2.37. The summed E-state index contributed by atoms with van der Waals surface area (Å²) in [6.45, 7) is 3.57. The molecule has 1 unspecified atom stereocenters. The molecule has 2 aromatic carbocycles. The van der Waals surface area contributed by atoms with Crippen LogP contribution in [0.1, 0.15) is 29.3 Å². The topological polar surface area (TPSA) is 75.6 Å². The fourth-order valence-electron chi connectivity index (χ4n) is 2.94. The molecule has 162 valence electrons. The Hall–Kier alpha value is -3.33. The fourth-order valence-corrected chi connectivity index (χ4v) is 3.91. The molecule has 0 bridgehead atoms. The van der Waals surface area contributed by atoms with E-state index in [4.69, 9.17) is 4.74 Å². The van der Waals surface area contributed by atoms with Gasteiger partial charge in [0.2, 0.25) is 0 Å². The first-order valence-corrected chi connectivity index (χ1v) is 10.1. The molecule has 2 N–H and O–H groups in total. The number of thiophene rings is 1. The lowest BCUT2D eigenvalue weighted by Gasteiger charge is -2.18. The second-order valence-corrected chi connectivity index (χ2v) is 7.56. The number of hydrogen-bond acceptors (Lipinski definition) is 4. The molecule has 1 aromatic heterocycles. The second-order valence-electron chi connectivity index (χ2n) is 6.68. The van der Waals surface area contributed by atoms with E-state index in [0.717, 1.165) is 16.9 Å². The Morgan fingerprint density at radius 2 is 1.81 bits per heavy atom. The maximum Gasteiger partial charge on any atom is 0.339 e. The third-order valence-electron chi connectivity index (χ3n) is 4.56. The zero-order valence-electron chi connectivity index (χ0n) is 16.5. The number of aryl methyl sites for hydroxylation is 1. The summed E-state index contributed by atoms with van der Waals surface area (Å²) in [5, 5.41) is 13.5. The van der Waals surface area contributed by atoms with Crippen LogP contribution in [0.4, 0.5) is 18.2 Å². The Morgan fingerprint density at radius 3 is 2.39 bits per heavy atom. The van der Waals surface area contributed by atoms with Crippen molar-refractivity contribution in [2.24, 2.45) is 0 Å². The van der Waals surface area contributed by atoms with E-state index in [9.17, 15) is 27.9 Å². The van der Waals surface area contributed by atoms with Crippen molar-refractivity contribution in [2.75, 3.05) is 5.32 Å². The van der Waals surface area contributed by atoms with Gasteiger partial charge in [-0.25, -0.2) is 18.0 Å². The van der Waals surface area contributed by atoms with Crippen molar-refractivity contribution in [2.45, 2.75) is 26.4 Å². The van der Waals surface area contributed by atoms with Gasteiger partial charge in [0.05, 0.1) is 0 Å². The maximum absolute atomic E-state index is 13.6. The van der Waals surface area contributed by atoms with Gasteiger partial charge in [0, 0.05) is 10.9 Å². The van der Waals surface area contributed by atoms with Crippen LogP contribution in [0, 0.1) is 24.4 Å². The number of hydrogen-bond donors (Lipinski definition) is 2. The average molecular weight is 449 g/mol. The molecule has 0 saturated heterocycles. The SMILES string of the molecule is CCC(Oc1ccccc1C)C(=O)Nc1scc(-c2cc(F)c(F)c(F)c2)c1C(=O)O. The number of anilines is 1. The number of ether oxygens (including phenoxy) is 1. The van der Waals surface area contributed by atoms with Gasteiger partial charge in [0.15, 0.2) is 23.6 Å². The third-order valence-corrected chi connectivity index (χ3v) is 5.46. The third kappa shape index (κ3) is 4.72. The zero-order valence-corrected chi connectivity index (χ0v) is 17.4. The minimum Gasteiger partial charge on any atom is -0.480 e. The van der Waals surface area contributed by atoms with E-state index in [1.165, 1.54) is 5.38 Å². The number of amides is 1. The van der Waals surface area contributed by atoms with Gasteiger partial charge in [-0.3, -0.25) is 4.79 Å². The summed E-state index contributed by atoms with van der Waals surface area (Å²) >= 11 is 0.874. The Balaban J connectivity index is 1.90. The summed E-state index contributed by atoms with van der Waals surface area (Å²) in [6.07, 6.45) is -0.580. The molecular weight excluding hydrogens is 431 g/mol. The maximum atomic E-state index is 13.6. The highest BCUT2D eigenvalue weighted by molar-refractivity contribution is 7.15. The minimum atomic E-state index is -1.65. The van der Waals surface area contributed by atoms with Gasteiger partial charge in [-0.15, -0.1) is 11.3 Å². The summed E-state index contributed by atoms with van der Waals surface area (Å²) < 4.78 is 46.3. The molecule has 3 rings (SSSR count). The van der Waals surface area contributed by atoms with Crippen LogP contribution >= 0.6 is 11.3 Å². The number of halogens is 3.